The smallest absolute Gasteiger partial charge is 0.157 e. The number of nitrogens with two attached hydrogens (primary N) is 1. The molecule has 0 aliphatic carbocycles. The van der Waals surface area contributed by atoms with Crippen LogP contribution in [0, 0.1) is 0 Å². The summed E-state index contributed by atoms with van der Waals surface area (Å²) in [5.41, 5.74) is 5.42. The summed E-state index contributed by atoms with van der Waals surface area (Å²) in [6.07, 6.45) is 8.87. The lowest BCUT2D eigenvalue weighted by Crippen LogP contribution is -2.22. The van der Waals surface area contributed by atoms with Gasteiger partial charge in [0.05, 0.1) is 13.2 Å². The van der Waals surface area contributed by atoms with E-state index in [0.29, 0.717) is 13.2 Å². The van der Waals surface area contributed by atoms with Gasteiger partial charge < -0.3 is 24.7 Å². The molecule has 1 aliphatic heterocycles. The van der Waals surface area contributed by atoms with E-state index in [-0.39, 0.29) is 6.29 Å². The summed E-state index contributed by atoms with van der Waals surface area (Å²) in [4.78, 5) is 0. The highest BCUT2D eigenvalue weighted by Gasteiger charge is 2.13. The van der Waals surface area contributed by atoms with Gasteiger partial charge in [0.1, 0.15) is 0 Å². The van der Waals surface area contributed by atoms with Gasteiger partial charge in [-0.2, -0.15) is 0 Å². The minimum Gasteiger partial charge on any atom is -0.379 e. The zero-order valence-electron chi connectivity index (χ0n) is 13.4. The Bertz CT molecular complexity index is 210. The van der Waals surface area contributed by atoms with Gasteiger partial charge in [-0.15, -0.1) is 0 Å². The lowest BCUT2D eigenvalue weighted by molar-refractivity contribution is -0.163. The highest BCUT2D eigenvalue weighted by atomic mass is 16.7. The fourth-order valence-electron chi connectivity index (χ4n) is 2.21. The van der Waals surface area contributed by atoms with Crippen LogP contribution in [0.1, 0.15) is 51.4 Å². The van der Waals surface area contributed by atoms with Crippen molar-refractivity contribution in [2.75, 3.05) is 46.2 Å². The molecule has 1 aliphatic rings. The van der Waals surface area contributed by atoms with Gasteiger partial charge >= 0.3 is 0 Å². The molecule has 1 heterocycles. The van der Waals surface area contributed by atoms with Crippen molar-refractivity contribution in [3.63, 3.8) is 0 Å². The molecule has 21 heavy (non-hydrogen) atoms. The van der Waals surface area contributed by atoms with E-state index in [2.05, 4.69) is 0 Å². The minimum absolute atomic E-state index is 0.0346. The highest BCUT2D eigenvalue weighted by molar-refractivity contribution is 4.54. The third-order valence-corrected chi connectivity index (χ3v) is 3.49. The van der Waals surface area contributed by atoms with E-state index in [0.717, 1.165) is 71.5 Å². The molecule has 5 heteroatoms. The molecule has 1 saturated heterocycles. The third-order valence-electron chi connectivity index (χ3n) is 3.49. The molecule has 1 fully saturated rings. The molecule has 1 atom stereocenters. The van der Waals surface area contributed by atoms with Crippen molar-refractivity contribution < 1.29 is 18.9 Å². The largest absolute Gasteiger partial charge is 0.379 e. The molecule has 5 nitrogen and oxygen atoms in total. The molecule has 0 spiro atoms. The van der Waals surface area contributed by atoms with E-state index in [9.17, 15) is 0 Å². The van der Waals surface area contributed by atoms with Gasteiger partial charge in [0.25, 0.3) is 0 Å². The van der Waals surface area contributed by atoms with Crippen molar-refractivity contribution in [3.05, 3.63) is 0 Å². The molecule has 0 unspecified atom stereocenters. The average molecular weight is 303 g/mol. The summed E-state index contributed by atoms with van der Waals surface area (Å²) in [5.74, 6) is 0. The quantitative estimate of drug-likeness (QED) is 0.499. The average Bonchev–Trinajstić information content (AvgIpc) is 2.53. The maximum atomic E-state index is 5.66. The molecular formula is C16H33NO4. The van der Waals surface area contributed by atoms with Crippen molar-refractivity contribution in [1.29, 1.82) is 0 Å². The Kier molecular flexibility index (Phi) is 13.2. The van der Waals surface area contributed by atoms with Crippen LogP contribution in [0.3, 0.4) is 0 Å². The summed E-state index contributed by atoms with van der Waals surface area (Å²) >= 11 is 0. The minimum atomic E-state index is 0.0346. The zero-order valence-corrected chi connectivity index (χ0v) is 13.4. The second-order valence-corrected chi connectivity index (χ2v) is 5.45. The fourth-order valence-corrected chi connectivity index (χ4v) is 2.21. The number of rotatable bonds is 14. The van der Waals surface area contributed by atoms with Gasteiger partial charge in [-0.1, -0.05) is 0 Å². The number of ether oxygens (including phenoxy) is 4. The fraction of sp³-hybridized carbons (Fsp3) is 1.00. The predicted molar refractivity (Wildman–Crippen MR) is 83.3 cm³/mol. The summed E-state index contributed by atoms with van der Waals surface area (Å²) in [6.45, 7) is 5.37. The SMILES string of the molecule is NCCCCCOCCOCCCCO[C@H]1CCCCO1. The van der Waals surface area contributed by atoms with E-state index in [1.165, 1.54) is 12.8 Å². The van der Waals surface area contributed by atoms with E-state index >= 15 is 0 Å². The topological polar surface area (TPSA) is 62.9 Å². The molecule has 0 saturated carbocycles. The van der Waals surface area contributed by atoms with Gasteiger partial charge in [0.2, 0.25) is 0 Å². The van der Waals surface area contributed by atoms with Crippen LogP contribution in [-0.2, 0) is 18.9 Å². The van der Waals surface area contributed by atoms with E-state index in [4.69, 9.17) is 24.7 Å². The summed E-state index contributed by atoms with van der Waals surface area (Å²) in [7, 11) is 0. The van der Waals surface area contributed by atoms with Crippen LogP contribution >= 0.6 is 0 Å². The standard InChI is InChI=1S/C16H33NO4/c17-9-3-1-4-10-18-14-15-19-11-6-7-13-21-16-8-2-5-12-20-16/h16H,1-15,17H2/t16-/m0/s1. The molecule has 0 aromatic rings. The first kappa shape index (κ1) is 18.8. The molecule has 0 aromatic heterocycles. The molecule has 0 bridgehead atoms. The van der Waals surface area contributed by atoms with Crippen LogP contribution in [0.15, 0.2) is 0 Å². The Morgan fingerprint density at radius 3 is 2.19 bits per heavy atom. The summed E-state index contributed by atoms with van der Waals surface area (Å²) < 4.78 is 22.2. The van der Waals surface area contributed by atoms with Crippen LogP contribution in [-0.4, -0.2) is 52.5 Å². The molecule has 1 rings (SSSR count). The lowest BCUT2D eigenvalue weighted by Gasteiger charge is -2.22. The van der Waals surface area contributed by atoms with Crippen LogP contribution in [0.2, 0.25) is 0 Å². The maximum Gasteiger partial charge on any atom is 0.157 e. The highest BCUT2D eigenvalue weighted by Crippen LogP contribution is 2.13. The molecule has 2 N–H and O–H groups in total. The van der Waals surface area contributed by atoms with Crippen molar-refractivity contribution in [2.45, 2.75) is 57.7 Å². The predicted octanol–water partition coefficient (Wildman–Crippen LogP) is 2.47. The van der Waals surface area contributed by atoms with Crippen LogP contribution in [0.4, 0.5) is 0 Å². The van der Waals surface area contributed by atoms with Crippen LogP contribution < -0.4 is 5.73 Å². The van der Waals surface area contributed by atoms with Crippen molar-refractivity contribution in [3.8, 4) is 0 Å². The Balaban J connectivity index is 1.69. The van der Waals surface area contributed by atoms with Gasteiger partial charge in [0.15, 0.2) is 6.29 Å². The summed E-state index contributed by atoms with van der Waals surface area (Å²) in [5, 5.41) is 0. The van der Waals surface area contributed by atoms with Gasteiger partial charge in [-0.25, -0.2) is 0 Å². The molecule has 0 amide bonds. The second-order valence-electron chi connectivity index (χ2n) is 5.45. The first-order valence-electron chi connectivity index (χ1n) is 8.52. The third kappa shape index (κ3) is 12.1. The second kappa shape index (κ2) is 14.7. The van der Waals surface area contributed by atoms with Crippen molar-refractivity contribution in [2.24, 2.45) is 5.73 Å². The Morgan fingerprint density at radius 2 is 1.52 bits per heavy atom. The first-order chi connectivity index (χ1) is 10.4. The Morgan fingerprint density at radius 1 is 0.810 bits per heavy atom. The van der Waals surface area contributed by atoms with E-state index in [1.54, 1.807) is 0 Å². The number of hydrogen-bond donors (Lipinski definition) is 1. The lowest BCUT2D eigenvalue weighted by atomic mass is 10.2. The molecule has 126 valence electrons. The summed E-state index contributed by atoms with van der Waals surface area (Å²) in [6, 6.07) is 0. The van der Waals surface area contributed by atoms with Gasteiger partial charge in [-0.05, 0) is 57.9 Å². The van der Waals surface area contributed by atoms with E-state index < -0.39 is 0 Å². The number of hydrogen-bond acceptors (Lipinski definition) is 5. The van der Waals surface area contributed by atoms with Crippen molar-refractivity contribution in [1.82, 2.24) is 0 Å². The van der Waals surface area contributed by atoms with E-state index in [1.807, 2.05) is 0 Å². The van der Waals surface area contributed by atoms with Crippen LogP contribution in [0.5, 0.6) is 0 Å². The van der Waals surface area contributed by atoms with Crippen LogP contribution in [0.25, 0.3) is 0 Å². The number of unbranched alkanes of at least 4 members (excludes halogenated alkanes) is 3. The normalized spacial score (nSPS) is 19.0. The van der Waals surface area contributed by atoms with Gasteiger partial charge in [-0.3, -0.25) is 0 Å². The van der Waals surface area contributed by atoms with Crippen molar-refractivity contribution >= 4 is 0 Å². The zero-order chi connectivity index (χ0) is 15.0. The molecular weight excluding hydrogens is 270 g/mol. The maximum absolute atomic E-state index is 5.66. The Labute approximate surface area is 129 Å². The monoisotopic (exact) mass is 303 g/mol. The molecule has 0 aromatic carbocycles. The Hall–Kier alpha value is -0.200. The molecule has 0 radical (unpaired) electrons. The van der Waals surface area contributed by atoms with Gasteiger partial charge in [0, 0.05) is 26.4 Å². The first-order valence-corrected chi connectivity index (χ1v) is 8.52.